The average Bonchev–Trinajstić information content (AvgIpc) is 3.22. The van der Waals surface area contributed by atoms with E-state index in [1.54, 1.807) is 24.3 Å². The van der Waals surface area contributed by atoms with Gasteiger partial charge in [-0.2, -0.15) is 13.5 Å². The minimum Gasteiger partial charge on any atom is -0.200 e. The standard InChI is InChI=1S/C20H22N2O2S/c1-14-7-11-18(12-8-14)25(23,24)22-21-20-17-10-9-16(13-17)19(20)15-5-3-2-4-6-15/h2-8,11-12,16-17,19,22H,9-10,13H2,1H3/b21-20+/t16-,17-,19-/m0/s1. The van der Waals surface area contributed by atoms with Gasteiger partial charge in [0.25, 0.3) is 10.0 Å². The predicted molar refractivity (Wildman–Crippen MR) is 98.9 cm³/mol. The van der Waals surface area contributed by atoms with Crippen molar-refractivity contribution in [1.82, 2.24) is 4.83 Å². The molecule has 0 spiro atoms. The number of nitrogens with zero attached hydrogens (tertiary/aromatic N) is 1. The van der Waals surface area contributed by atoms with Crippen LogP contribution >= 0.6 is 0 Å². The van der Waals surface area contributed by atoms with Gasteiger partial charge in [-0.15, -0.1) is 0 Å². The number of aryl methyl sites for hydroxylation is 1. The molecule has 5 heteroatoms. The molecule has 0 heterocycles. The highest BCUT2D eigenvalue weighted by molar-refractivity contribution is 7.89. The Morgan fingerprint density at radius 3 is 2.44 bits per heavy atom. The fraction of sp³-hybridized carbons (Fsp3) is 0.350. The maximum Gasteiger partial charge on any atom is 0.276 e. The second-order valence-corrected chi connectivity index (χ2v) is 8.76. The average molecular weight is 354 g/mol. The number of hydrazone groups is 1. The van der Waals surface area contributed by atoms with Gasteiger partial charge in [0, 0.05) is 11.6 Å². The molecule has 2 aliphatic carbocycles. The van der Waals surface area contributed by atoms with Crippen molar-refractivity contribution in [3.05, 3.63) is 65.7 Å². The lowest BCUT2D eigenvalue weighted by atomic mass is 9.82. The number of hydrogen-bond acceptors (Lipinski definition) is 3. The Morgan fingerprint density at radius 2 is 1.72 bits per heavy atom. The van der Waals surface area contributed by atoms with Crippen LogP contribution in [-0.4, -0.2) is 14.1 Å². The highest BCUT2D eigenvalue weighted by atomic mass is 32.2. The summed E-state index contributed by atoms with van der Waals surface area (Å²) in [5, 5.41) is 4.41. The van der Waals surface area contributed by atoms with Gasteiger partial charge in [-0.05, 0) is 55.7 Å². The van der Waals surface area contributed by atoms with Crippen molar-refractivity contribution in [2.45, 2.75) is 37.0 Å². The van der Waals surface area contributed by atoms with Crippen LogP contribution in [0.15, 0.2) is 64.6 Å². The van der Waals surface area contributed by atoms with E-state index in [9.17, 15) is 8.42 Å². The van der Waals surface area contributed by atoms with Crippen LogP contribution in [0.1, 0.15) is 36.3 Å². The maximum absolute atomic E-state index is 12.5. The smallest absolute Gasteiger partial charge is 0.200 e. The Bertz CT molecular complexity index is 889. The summed E-state index contributed by atoms with van der Waals surface area (Å²) in [6.07, 6.45) is 3.43. The Morgan fingerprint density at radius 1 is 1.00 bits per heavy atom. The van der Waals surface area contributed by atoms with Crippen molar-refractivity contribution in [3.63, 3.8) is 0 Å². The Hall–Kier alpha value is -2.14. The van der Waals surface area contributed by atoms with Gasteiger partial charge in [0.2, 0.25) is 0 Å². The number of fused-ring (bicyclic) bond motifs is 2. The molecule has 0 radical (unpaired) electrons. The van der Waals surface area contributed by atoms with Crippen molar-refractivity contribution in [3.8, 4) is 0 Å². The van der Waals surface area contributed by atoms with Gasteiger partial charge >= 0.3 is 0 Å². The first kappa shape index (κ1) is 16.3. The topological polar surface area (TPSA) is 58.5 Å². The SMILES string of the molecule is Cc1ccc(S(=O)(=O)N/N=C2\[C@H]3CC[C@@H](C3)[C@@H]2c2ccccc2)cc1. The molecule has 130 valence electrons. The summed E-state index contributed by atoms with van der Waals surface area (Å²) >= 11 is 0. The summed E-state index contributed by atoms with van der Waals surface area (Å²) in [4.78, 5) is 2.73. The molecule has 0 aliphatic heterocycles. The molecule has 2 fully saturated rings. The summed E-state index contributed by atoms with van der Waals surface area (Å²) in [5.74, 6) is 1.21. The second-order valence-electron chi connectivity index (χ2n) is 7.10. The largest absolute Gasteiger partial charge is 0.276 e. The minimum absolute atomic E-state index is 0.237. The molecule has 2 aliphatic rings. The van der Waals surface area contributed by atoms with Crippen LogP contribution in [0.5, 0.6) is 0 Å². The van der Waals surface area contributed by atoms with E-state index >= 15 is 0 Å². The first-order chi connectivity index (χ1) is 12.0. The Kier molecular flexibility index (Phi) is 4.12. The molecule has 1 N–H and O–H groups in total. The summed E-state index contributed by atoms with van der Waals surface area (Å²) in [6.45, 7) is 1.93. The Labute approximate surface area is 149 Å². The molecule has 4 rings (SSSR count). The molecule has 2 saturated carbocycles. The van der Waals surface area contributed by atoms with Crippen LogP contribution < -0.4 is 4.83 Å². The minimum atomic E-state index is -3.62. The van der Waals surface area contributed by atoms with Crippen molar-refractivity contribution in [2.75, 3.05) is 0 Å². The van der Waals surface area contributed by atoms with E-state index in [4.69, 9.17) is 0 Å². The van der Waals surface area contributed by atoms with Crippen LogP contribution in [0, 0.1) is 18.8 Å². The molecule has 2 aromatic rings. The third-order valence-electron chi connectivity index (χ3n) is 5.47. The molecule has 2 bridgehead atoms. The predicted octanol–water partition coefficient (Wildman–Crippen LogP) is 3.84. The Balaban J connectivity index is 1.62. The molecule has 3 atom stereocenters. The zero-order valence-electron chi connectivity index (χ0n) is 14.2. The van der Waals surface area contributed by atoms with E-state index in [1.807, 2.05) is 25.1 Å². The summed E-state index contributed by atoms with van der Waals surface area (Å²) in [7, 11) is -3.62. The number of benzene rings is 2. The van der Waals surface area contributed by atoms with Gasteiger partial charge in [-0.1, -0.05) is 48.0 Å². The number of nitrogens with one attached hydrogen (secondary N) is 1. The quantitative estimate of drug-likeness (QED) is 0.848. The lowest BCUT2D eigenvalue weighted by molar-refractivity contribution is 0.530. The van der Waals surface area contributed by atoms with Gasteiger partial charge in [-0.25, -0.2) is 4.83 Å². The molecule has 25 heavy (non-hydrogen) atoms. The third-order valence-corrected chi connectivity index (χ3v) is 6.69. The normalized spacial score (nSPS) is 26.9. The summed E-state index contributed by atoms with van der Waals surface area (Å²) < 4.78 is 25.1. The van der Waals surface area contributed by atoms with Crippen molar-refractivity contribution < 1.29 is 8.42 Å². The lowest BCUT2D eigenvalue weighted by Crippen LogP contribution is -2.26. The van der Waals surface area contributed by atoms with E-state index in [2.05, 4.69) is 22.1 Å². The van der Waals surface area contributed by atoms with Crippen molar-refractivity contribution in [2.24, 2.45) is 16.9 Å². The van der Waals surface area contributed by atoms with Crippen LogP contribution in [0.25, 0.3) is 0 Å². The molecule has 0 aromatic heterocycles. The van der Waals surface area contributed by atoms with Crippen molar-refractivity contribution >= 4 is 15.7 Å². The molecule has 0 saturated heterocycles. The van der Waals surface area contributed by atoms with Gasteiger partial charge < -0.3 is 0 Å². The molecule has 0 unspecified atom stereocenters. The molecule has 4 nitrogen and oxygen atoms in total. The lowest BCUT2D eigenvalue weighted by Gasteiger charge is -2.24. The number of sulfonamides is 1. The third kappa shape index (κ3) is 3.09. The van der Waals surface area contributed by atoms with Gasteiger partial charge in [0.05, 0.1) is 4.90 Å². The van der Waals surface area contributed by atoms with Crippen LogP contribution in [0.3, 0.4) is 0 Å². The van der Waals surface area contributed by atoms with E-state index in [-0.39, 0.29) is 10.8 Å². The highest BCUT2D eigenvalue weighted by Gasteiger charge is 2.45. The second kappa shape index (κ2) is 6.30. The maximum atomic E-state index is 12.5. The van der Waals surface area contributed by atoms with E-state index < -0.39 is 10.0 Å². The van der Waals surface area contributed by atoms with Gasteiger partial charge in [-0.3, -0.25) is 0 Å². The summed E-state index contributed by atoms with van der Waals surface area (Å²) in [5.41, 5.74) is 3.27. The first-order valence-electron chi connectivity index (χ1n) is 8.75. The van der Waals surface area contributed by atoms with Gasteiger partial charge in [0.15, 0.2) is 0 Å². The van der Waals surface area contributed by atoms with Crippen molar-refractivity contribution in [1.29, 1.82) is 0 Å². The van der Waals surface area contributed by atoms with Crippen LogP contribution in [0.4, 0.5) is 0 Å². The molecule has 0 amide bonds. The zero-order chi connectivity index (χ0) is 17.4. The van der Waals surface area contributed by atoms with E-state index in [0.29, 0.717) is 11.8 Å². The monoisotopic (exact) mass is 354 g/mol. The number of hydrogen-bond donors (Lipinski definition) is 1. The first-order valence-corrected chi connectivity index (χ1v) is 10.2. The fourth-order valence-corrected chi connectivity index (χ4v) is 5.06. The number of rotatable bonds is 4. The fourth-order valence-electron chi connectivity index (χ4n) is 4.23. The van der Waals surface area contributed by atoms with Gasteiger partial charge in [0.1, 0.15) is 0 Å². The van der Waals surface area contributed by atoms with E-state index in [0.717, 1.165) is 24.1 Å². The zero-order valence-corrected chi connectivity index (χ0v) is 15.0. The molecule has 2 aromatic carbocycles. The van der Waals surface area contributed by atoms with Crippen LogP contribution in [0.2, 0.25) is 0 Å². The van der Waals surface area contributed by atoms with E-state index in [1.165, 1.54) is 12.0 Å². The highest BCUT2D eigenvalue weighted by Crippen LogP contribution is 2.51. The van der Waals surface area contributed by atoms with Crippen LogP contribution in [-0.2, 0) is 10.0 Å². The summed E-state index contributed by atoms with van der Waals surface area (Å²) in [6, 6.07) is 17.2. The molecular formula is C20H22N2O2S. The molecular weight excluding hydrogens is 332 g/mol.